The highest BCUT2D eigenvalue weighted by Crippen LogP contribution is 2.42. The SMILES string of the molecule is CCCC1(C(=O)OC)Cc2ccc(Br)cc2C1. The Bertz CT molecular complexity index is 442. The zero-order valence-electron chi connectivity index (χ0n) is 10.3. The van der Waals surface area contributed by atoms with Gasteiger partial charge in [-0.05, 0) is 42.5 Å². The second-order valence-electron chi connectivity index (χ2n) is 4.79. The Balaban J connectivity index is 2.33. The molecule has 3 heteroatoms. The highest BCUT2D eigenvalue weighted by molar-refractivity contribution is 9.10. The minimum atomic E-state index is -0.327. The van der Waals surface area contributed by atoms with Gasteiger partial charge in [0.15, 0.2) is 0 Å². The number of carbonyl (C=O) groups is 1. The molecule has 0 saturated heterocycles. The van der Waals surface area contributed by atoms with Crippen LogP contribution in [0, 0.1) is 5.41 Å². The molecule has 1 aliphatic carbocycles. The summed E-state index contributed by atoms with van der Waals surface area (Å²) in [5.41, 5.74) is 2.23. The third-order valence-corrected chi connectivity index (χ3v) is 4.07. The number of halogens is 1. The van der Waals surface area contributed by atoms with Gasteiger partial charge in [0.1, 0.15) is 0 Å². The molecule has 0 aromatic heterocycles. The van der Waals surface area contributed by atoms with E-state index < -0.39 is 0 Å². The van der Waals surface area contributed by atoms with E-state index in [4.69, 9.17) is 4.74 Å². The molecule has 0 bridgehead atoms. The summed E-state index contributed by atoms with van der Waals surface area (Å²) < 4.78 is 6.08. The van der Waals surface area contributed by atoms with Crippen LogP contribution >= 0.6 is 15.9 Å². The first-order valence-corrected chi connectivity index (χ1v) is 6.76. The van der Waals surface area contributed by atoms with Crippen molar-refractivity contribution in [2.45, 2.75) is 32.6 Å². The Hall–Kier alpha value is -0.830. The van der Waals surface area contributed by atoms with Crippen molar-refractivity contribution in [3.63, 3.8) is 0 Å². The zero-order chi connectivity index (χ0) is 12.5. The maximum Gasteiger partial charge on any atom is 0.312 e. The van der Waals surface area contributed by atoms with E-state index in [0.29, 0.717) is 0 Å². The van der Waals surface area contributed by atoms with Gasteiger partial charge in [0.25, 0.3) is 0 Å². The van der Waals surface area contributed by atoms with Crippen molar-refractivity contribution >= 4 is 21.9 Å². The van der Waals surface area contributed by atoms with E-state index in [1.54, 1.807) is 0 Å². The third-order valence-electron chi connectivity index (χ3n) is 3.57. The molecule has 0 radical (unpaired) electrons. The van der Waals surface area contributed by atoms with Crippen LogP contribution in [-0.2, 0) is 22.4 Å². The highest BCUT2D eigenvalue weighted by Gasteiger charge is 2.43. The predicted octanol–water partition coefficient (Wildman–Crippen LogP) is 3.51. The first-order valence-electron chi connectivity index (χ1n) is 5.97. The van der Waals surface area contributed by atoms with Crippen LogP contribution in [0.4, 0.5) is 0 Å². The second kappa shape index (κ2) is 4.81. The first kappa shape index (κ1) is 12.6. The topological polar surface area (TPSA) is 26.3 Å². The van der Waals surface area contributed by atoms with E-state index in [0.717, 1.165) is 30.2 Å². The van der Waals surface area contributed by atoms with Crippen LogP contribution in [0.1, 0.15) is 30.9 Å². The molecule has 1 aromatic rings. The highest BCUT2D eigenvalue weighted by atomic mass is 79.9. The normalized spacial score (nSPS) is 22.3. The molecular formula is C14H17BrO2. The molecule has 0 fully saturated rings. The smallest absolute Gasteiger partial charge is 0.312 e. The standard InChI is InChI=1S/C14H17BrO2/c1-3-6-14(13(16)17-2)8-10-4-5-12(15)7-11(10)9-14/h4-5,7H,3,6,8-9H2,1-2H3. The van der Waals surface area contributed by atoms with E-state index in [9.17, 15) is 4.79 Å². The van der Waals surface area contributed by atoms with E-state index in [1.807, 2.05) is 6.07 Å². The van der Waals surface area contributed by atoms with Crippen LogP contribution in [0.2, 0.25) is 0 Å². The molecule has 1 atom stereocenters. The molecule has 1 aliphatic rings. The van der Waals surface area contributed by atoms with Gasteiger partial charge in [0, 0.05) is 4.47 Å². The summed E-state index contributed by atoms with van der Waals surface area (Å²) in [5, 5.41) is 0. The van der Waals surface area contributed by atoms with Gasteiger partial charge < -0.3 is 4.74 Å². The number of esters is 1. The summed E-state index contributed by atoms with van der Waals surface area (Å²) in [6.45, 7) is 2.11. The number of methoxy groups -OCH3 is 1. The Labute approximate surface area is 110 Å². The molecule has 0 amide bonds. The Morgan fingerprint density at radius 3 is 2.76 bits per heavy atom. The van der Waals surface area contributed by atoms with Crippen molar-refractivity contribution in [1.82, 2.24) is 0 Å². The van der Waals surface area contributed by atoms with E-state index >= 15 is 0 Å². The molecule has 17 heavy (non-hydrogen) atoms. The van der Waals surface area contributed by atoms with Gasteiger partial charge in [0.2, 0.25) is 0 Å². The zero-order valence-corrected chi connectivity index (χ0v) is 11.8. The first-order chi connectivity index (χ1) is 8.11. The maximum absolute atomic E-state index is 12.0. The fourth-order valence-corrected chi connectivity index (χ4v) is 3.25. The molecule has 92 valence electrons. The predicted molar refractivity (Wildman–Crippen MR) is 70.9 cm³/mol. The van der Waals surface area contributed by atoms with Crippen LogP contribution in [-0.4, -0.2) is 13.1 Å². The minimum Gasteiger partial charge on any atom is -0.469 e. The van der Waals surface area contributed by atoms with Gasteiger partial charge in [-0.25, -0.2) is 0 Å². The number of benzene rings is 1. The van der Waals surface area contributed by atoms with Crippen LogP contribution in [0.15, 0.2) is 22.7 Å². The average molecular weight is 297 g/mol. The number of carbonyl (C=O) groups excluding carboxylic acids is 1. The molecule has 0 aliphatic heterocycles. The number of hydrogen-bond donors (Lipinski definition) is 0. The second-order valence-corrected chi connectivity index (χ2v) is 5.70. The lowest BCUT2D eigenvalue weighted by atomic mass is 9.80. The summed E-state index contributed by atoms with van der Waals surface area (Å²) in [5.74, 6) is -0.0633. The van der Waals surface area contributed by atoms with Gasteiger partial charge >= 0.3 is 5.97 Å². The number of fused-ring (bicyclic) bond motifs is 1. The van der Waals surface area contributed by atoms with Crippen LogP contribution in [0.5, 0.6) is 0 Å². The number of hydrogen-bond acceptors (Lipinski definition) is 2. The van der Waals surface area contributed by atoms with Crippen molar-refractivity contribution in [2.24, 2.45) is 5.41 Å². The van der Waals surface area contributed by atoms with Crippen LogP contribution < -0.4 is 0 Å². The monoisotopic (exact) mass is 296 g/mol. The molecule has 0 spiro atoms. The summed E-state index contributed by atoms with van der Waals surface area (Å²) in [7, 11) is 1.48. The van der Waals surface area contributed by atoms with Crippen molar-refractivity contribution in [1.29, 1.82) is 0 Å². The average Bonchev–Trinajstić information content (AvgIpc) is 2.67. The van der Waals surface area contributed by atoms with Crippen LogP contribution in [0.25, 0.3) is 0 Å². The molecular weight excluding hydrogens is 280 g/mol. The lowest BCUT2D eigenvalue weighted by Crippen LogP contribution is -2.33. The van der Waals surface area contributed by atoms with Gasteiger partial charge in [-0.2, -0.15) is 0 Å². The molecule has 0 N–H and O–H groups in total. The quantitative estimate of drug-likeness (QED) is 0.798. The number of ether oxygens (including phenoxy) is 1. The molecule has 0 saturated carbocycles. The molecule has 1 unspecified atom stereocenters. The van der Waals surface area contributed by atoms with Gasteiger partial charge in [-0.15, -0.1) is 0 Å². The summed E-state index contributed by atoms with van der Waals surface area (Å²) in [6, 6.07) is 6.27. The van der Waals surface area contributed by atoms with Crippen molar-refractivity contribution in [3.8, 4) is 0 Å². The van der Waals surface area contributed by atoms with Gasteiger partial charge in [-0.1, -0.05) is 35.3 Å². The maximum atomic E-state index is 12.0. The van der Waals surface area contributed by atoms with Crippen LogP contribution in [0.3, 0.4) is 0 Å². The van der Waals surface area contributed by atoms with Crippen molar-refractivity contribution < 1.29 is 9.53 Å². The summed E-state index contributed by atoms with van der Waals surface area (Å²) in [4.78, 5) is 12.0. The summed E-state index contributed by atoms with van der Waals surface area (Å²) in [6.07, 6.45) is 3.52. The molecule has 0 heterocycles. The largest absolute Gasteiger partial charge is 0.469 e. The van der Waals surface area contributed by atoms with Gasteiger partial charge in [0.05, 0.1) is 12.5 Å². The Kier molecular flexibility index (Phi) is 3.57. The van der Waals surface area contributed by atoms with E-state index in [-0.39, 0.29) is 11.4 Å². The third kappa shape index (κ3) is 2.25. The van der Waals surface area contributed by atoms with Gasteiger partial charge in [-0.3, -0.25) is 4.79 Å². The van der Waals surface area contributed by atoms with E-state index in [2.05, 4.69) is 35.0 Å². The fraction of sp³-hybridized carbons (Fsp3) is 0.500. The lowest BCUT2D eigenvalue weighted by molar-refractivity contribution is -0.152. The van der Waals surface area contributed by atoms with E-state index in [1.165, 1.54) is 18.2 Å². The minimum absolute atomic E-state index is 0.0633. The number of rotatable bonds is 3. The van der Waals surface area contributed by atoms with Crippen molar-refractivity contribution in [2.75, 3.05) is 7.11 Å². The van der Waals surface area contributed by atoms with Crippen molar-refractivity contribution in [3.05, 3.63) is 33.8 Å². The Morgan fingerprint density at radius 1 is 1.41 bits per heavy atom. The summed E-state index contributed by atoms with van der Waals surface area (Å²) >= 11 is 3.48. The Morgan fingerprint density at radius 2 is 2.12 bits per heavy atom. The fourth-order valence-electron chi connectivity index (χ4n) is 2.84. The lowest BCUT2D eigenvalue weighted by Gasteiger charge is -2.25. The molecule has 1 aromatic carbocycles. The molecule has 2 rings (SSSR count). The molecule has 2 nitrogen and oxygen atoms in total.